The number of nitrogens with two attached hydrogens (primary N) is 1. The van der Waals surface area contributed by atoms with E-state index in [-0.39, 0.29) is 15.7 Å². The predicted octanol–water partition coefficient (Wildman–Crippen LogP) is 3.95. The molecule has 0 saturated heterocycles. The van der Waals surface area contributed by atoms with E-state index in [0.717, 1.165) is 5.56 Å². The quantitative estimate of drug-likeness (QED) is 0.542. The summed E-state index contributed by atoms with van der Waals surface area (Å²) in [5.41, 5.74) is 7.09. The number of pyridine rings is 1. The van der Waals surface area contributed by atoms with Crippen molar-refractivity contribution < 1.29 is 8.42 Å². The molecule has 0 fully saturated rings. The van der Waals surface area contributed by atoms with Crippen molar-refractivity contribution >= 4 is 64.9 Å². The molecule has 2 rings (SSSR count). The van der Waals surface area contributed by atoms with Crippen molar-refractivity contribution in [3.63, 3.8) is 0 Å². The van der Waals surface area contributed by atoms with E-state index in [9.17, 15) is 8.42 Å². The molecular weight excluding hydrogens is 445 g/mol. The number of aryl methyl sites for hydroxylation is 1. The van der Waals surface area contributed by atoms with Crippen LogP contribution in [-0.2, 0) is 10.0 Å². The van der Waals surface area contributed by atoms with E-state index in [1.807, 2.05) is 0 Å². The Bertz CT molecular complexity index is 789. The lowest BCUT2D eigenvalue weighted by molar-refractivity contribution is 0.600. The van der Waals surface area contributed by atoms with Crippen molar-refractivity contribution in [2.45, 2.75) is 11.8 Å². The Morgan fingerprint density at radius 3 is 2.38 bits per heavy atom. The predicted molar refractivity (Wildman–Crippen MR) is 91.0 cm³/mol. The van der Waals surface area contributed by atoms with Gasteiger partial charge in [-0.2, -0.15) is 0 Å². The number of nitrogens with one attached hydrogen (secondary N) is 1. The minimum Gasteiger partial charge on any atom is -0.399 e. The average molecular weight is 456 g/mol. The molecule has 0 saturated carbocycles. The van der Waals surface area contributed by atoms with E-state index in [1.54, 1.807) is 19.2 Å². The van der Waals surface area contributed by atoms with Crippen LogP contribution in [0.2, 0.25) is 5.15 Å². The Hall–Kier alpha value is -0.830. The van der Waals surface area contributed by atoms with Gasteiger partial charge in [0.05, 0.1) is 5.69 Å². The maximum Gasteiger partial charge on any atom is 0.264 e. The normalized spacial score (nSPS) is 11.4. The molecule has 0 atom stereocenters. The number of nitrogen functional groups attached to an aromatic ring is 1. The van der Waals surface area contributed by atoms with Gasteiger partial charge >= 0.3 is 0 Å². The van der Waals surface area contributed by atoms with Crippen LogP contribution in [-0.4, -0.2) is 13.4 Å². The highest BCUT2D eigenvalue weighted by atomic mass is 79.9. The van der Waals surface area contributed by atoms with Gasteiger partial charge < -0.3 is 5.73 Å². The molecule has 0 radical (unpaired) electrons. The summed E-state index contributed by atoms with van der Waals surface area (Å²) in [7, 11) is -3.85. The number of anilines is 2. The van der Waals surface area contributed by atoms with Crippen molar-refractivity contribution in [2.24, 2.45) is 0 Å². The Kier molecular flexibility index (Phi) is 4.82. The Morgan fingerprint density at radius 1 is 1.24 bits per heavy atom. The van der Waals surface area contributed by atoms with Crippen LogP contribution in [0.4, 0.5) is 11.4 Å². The lowest BCUT2D eigenvalue weighted by atomic mass is 10.3. The summed E-state index contributed by atoms with van der Waals surface area (Å²) in [5, 5.41) is 0.0758. The third kappa shape index (κ3) is 3.68. The topological polar surface area (TPSA) is 85.1 Å². The smallest absolute Gasteiger partial charge is 0.264 e. The van der Waals surface area contributed by atoms with Crippen molar-refractivity contribution in [2.75, 3.05) is 10.5 Å². The maximum atomic E-state index is 12.5. The molecular formula is C12H10Br2ClN3O2S. The summed E-state index contributed by atoms with van der Waals surface area (Å²) in [6.45, 7) is 1.79. The summed E-state index contributed by atoms with van der Waals surface area (Å²) >= 11 is 12.3. The lowest BCUT2D eigenvalue weighted by Gasteiger charge is -2.13. The van der Waals surface area contributed by atoms with E-state index in [0.29, 0.717) is 14.6 Å². The summed E-state index contributed by atoms with van der Waals surface area (Å²) in [5.74, 6) is 0. The molecule has 3 N–H and O–H groups in total. The third-order valence-corrected chi connectivity index (χ3v) is 6.05. The minimum atomic E-state index is -3.85. The largest absolute Gasteiger partial charge is 0.399 e. The fourth-order valence-corrected chi connectivity index (χ4v) is 5.54. The van der Waals surface area contributed by atoms with E-state index in [2.05, 4.69) is 41.6 Å². The van der Waals surface area contributed by atoms with E-state index < -0.39 is 10.0 Å². The van der Waals surface area contributed by atoms with Crippen LogP contribution in [0.15, 0.2) is 38.2 Å². The first-order valence-corrected chi connectivity index (χ1v) is 9.05. The van der Waals surface area contributed by atoms with Crippen LogP contribution in [0.3, 0.4) is 0 Å². The molecule has 9 heteroatoms. The van der Waals surface area contributed by atoms with Gasteiger partial charge in [0.15, 0.2) is 5.15 Å². The molecule has 0 unspecified atom stereocenters. The second-order valence-electron chi connectivity index (χ2n) is 4.27. The lowest BCUT2D eigenvalue weighted by Crippen LogP contribution is -2.15. The van der Waals surface area contributed by atoms with Crippen LogP contribution in [0.1, 0.15) is 5.56 Å². The van der Waals surface area contributed by atoms with Gasteiger partial charge in [0, 0.05) is 20.8 Å². The van der Waals surface area contributed by atoms with Crippen LogP contribution in [0, 0.1) is 6.92 Å². The zero-order valence-electron chi connectivity index (χ0n) is 10.7. The Morgan fingerprint density at radius 2 is 1.81 bits per heavy atom. The molecule has 21 heavy (non-hydrogen) atoms. The molecule has 0 bridgehead atoms. The molecule has 5 nitrogen and oxygen atoms in total. The van der Waals surface area contributed by atoms with Crippen LogP contribution >= 0.6 is 43.5 Å². The number of nitrogens with zero attached hydrogens (tertiary/aromatic N) is 1. The molecule has 0 amide bonds. The van der Waals surface area contributed by atoms with Gasteiger partial charge in [-0.05, 0) is 62.5 Å². The van der Waals surface area contributed by atoms with Gasteiger partial charge in [0.2, 0.25) is 0 Å². The first-order valence-electron chi connectivity index (χ1n) is 5.60. The molecule has 2 aromatic rings. The van der Waals surface area contributed by atoms with Crippen molar-refractivity contribution in [3.8, 4) is 0 Å². The van der Waals surface area contributed by atoms with Gasteiger partial charge in [0.25, 0.3) is 10.0 Å². The number of hydrogen-bond donors (Lipinski definition) is 2. The number of benzene rings is 1. The number of aromatic nitrogens is 1. The third-order valence-electron chi connectivity index (χ3n) is 2.51. The Labute approximate surface area is 144 Å². The SMILES string of the molecule is Cc1cnc(Cl)c(NS(=O)(=O)c2c(Br)cc(N)cc2Br)c1. The molecule has 1 aromatic carbocycles. The monoisotopic (exact) mass is 453 g/mol. The highest BCUT2D eigenvalue weighted by Gasteiger charge is 2.23. The van der Waals surface area contributed by atoms with Gasteiger partial charge in [-0.15, -0.1) is 0 Å². The van der Waals surface area contributed by atoms with Crippen molar-refractivity contribution in [1.82, 2.24) is 4.98 Å². The highest BCUT2D eigenvalue weighted by Crippen LogP contribution is 2.34. The van der Waals surface area contributed by atoms with Gasteiger partial charge in [0.1, 0.15) is 4.90 Å². The zero-order valence-corrected chi connectivity index (χ0v) is 15.4. The minimum absolute atomic E-state index is 0.0364. The molecule has 1 heterocycles. The average Bonchev–Trinajstić information content (AvgIpc) is 2.31. The van der Waals surface area contributed by atoms with E-state index in [4.69, 9.17) is 17.3 Å². The summed E-state index contributed by atoms with van der Waals surface area (Å²) < 4.78 is 28.2. The summed E-state index contributed by atoms with van der Waals surface area (Å²) in [6, 6.07) is 4.62. The van der Waals surface area contributed by atoms with Crippen LogP contribution in [0.25, 0.3) is 0 Å². The van der Waals surface area contributed by atoms with Crippen molar-refractivity contribution in [1.29, 1.82) is 0 Å². The fourth-order valence-electron chi connectivity index (χ4n) is 1.66. The maximum absolute atomic E-state index is 12.5. The molecule has 0 aliphatic rings. The second kappa shape index (κ2) is 6.12. The van der Waals surface area contributed by atoms with Gasteiger partial charge in [-0.1, -0.05) is 11.6 Å². The molecule has 0 aliphatic carbocycles. The number of sulfonamides is 1. The zero-order chi connectivity index (χ0) is 15.8. The first kappa shape index (κ1) is 16.5. The van der Waals surface area contributed by atoms with E-state index in [1.165, 1.54) is 12.1 Å². The molecule has 0 spiro atoms. The van der Waals surface area contributed by atoms with Gasteiger partial charge in [-0.25, -0.2) is 13.4 Å². The van der Waals surface area contributed by atoms with Crippen LogP contribution in [0.5, 0.6) is 0 Å². The molecule has 1 aromatic heterocycles. The standard InChI is InChI=1S/C12H10Br2ClN3O2S/c1-6-2-10(12(15)17-5-6)18-21(19,20)11-8(13)3-7(16)4-9(11)14/h2-5,18H,16H2,1H3. The number of halogens is 3. The summed E-state index contributed by atoms with van der Waals surface area (Å²) in [6.07, 6.45) is 1.55. The highest BCUT2D eigenvalue weighted by molar-refractivity contribution is 9.11. The Balaban J connectivity index is 2.51. The van der Waals surface area contributed by atoms with Gasteiger partial charge in [-0.3, -0.25) is 4.72 Å². The van der Waals surface area contributed by atoms with E-state index >= 15 is 0 Å². The number of hydrogen-bond acceptors (Lipinski definition) is 4. The molecule has 0 aliphatic heterocycles. The second-order valence-corrected chi connectivity index (χ2v) is 7.96. The van der Waals surface area contributed by atoms with Crippen LogP contribution < -0.4 is 10.5 Å². The fraction of sp³-hybridized carbons (Fsp3) is 0.0833. The first-order chi connectivity index (χ1) is 9.70. The summed E-state index contributed by atoms with van der Waals surface area (Å²) in [4.78, 5) is 3.95. The number of rotatable bonds is 3. The van der Waals surface area contributed by atoms with Crippen molar-refractivity contribution in [3.05, 3.63) is 44.1 Å². The molecule has 112 valence electrons.